The molecule has 1 unspecified atom stereocenters. The highest BCUT2D eigenvalue weighted by Crippen LogP contribution is 2.47. The van der Waals surface area contributed by atoms with Gasteiger partial charge in [0.2, 0.25) is 5.78 Å². The Hall–Kier alpha value is -2.10. The van der Waals surface area contributed by atoms with Crippen LogP contribution in [0.2, 0.25) is 0 Å². The average molecular weight is 302 g/mol. The summed E-state index contributed by atoms with van der Waals surface area (Å²) >= 11 is 0. The average Bonchev–Trinajstić information content (AvgIpc) is 2.45. The molecule has 1 aromatic carbocycles. The van der Waals surface area contributed by atoms with E-state index in [9.17, 15) is 9.59 Å². The zero-order valence-electron chi connectivity index (χ0n) is 13.5. The molecule has 0 saturated heterocycles. The van der Waals surface area contributed by atoms with Crippen molar-refractivity contribution in [3.05, 3.63) is 47.7 Å². The van der Waals surface area contributed by atoms with E-state index in [1.807, 2.05) is 51.1 Å². The lowest BCUT2D eigenvalue weighted by Crippen LogP contribution is -2.47. The van der Waals surface area contributed by atoms with Crippen LogP contribution in [0, 0.1) is 5.41 Å². The van der Waals surface area contributed by atoms with Crippen LogP contribution in [0.1, 0.15) is 39.7 Å². The second-order valence-corrected chi connectivity index (χ2v) is 6.15. The Bertz CT molecular complexity index is 601. The van der Waals surface area contributed by atoms with E-state index in [1.165, 1.54) is 13.0 Å². The third-order valence-electron chi connectivity index (χ3n) is 3.88. The van der Waals surface area contributed by atoms with E-state index >= 15 is 0 Å². The molecule has 1 aromatic rings. The molecule has 0 amide bonds. The molecule has 1 atom stereocenters. The molecule has 0 radical (unpaired) electrons. The van der Waals surface area contributed by atoms with Crippen LogP contribution in [0.3, 0.4) is 0 Å². The van der Waals surface area contributed by atoms with Gasteiger partial charge in [0.1, 0.15) is 5.76 Å². The Labute approximate surface area is 131 Å². The number of ether oxygens (including phenoxy) is 2. The maximum absolute atomic E-state index is 12.8. The highest BCUT2D eigenvalue weighted by Gasteiger charge is 2.51. The topological polar surface area (TPSA) is 52.6 Å². The van der Waals surface area contributed by atoms with Gasteiger partial charge in [0.05, 0.1) is 6.61 Å². The fourth-order valence-electron chi connectivity index (χ4n) is 2.96. The number of carbonyl (C=O) groups is 2. The van der Waals surface area contributed by atoms with Crippen molar-refractivity contribution in [2.45, 2.75) is 39.7 Å². The molecule has 1 aliphatic carbocycles. The van der Waals surface area contributed by atoms with Crippen molar-refractivity contribution in [3.8, 4) is 0 Å². The fraction of sp³-hybridized carbons (Fsp3) is 0.444. The first kappa shape index (κ1) is 16.3. The lowest BCUT2D eigenvalue weighted by Gasteiger charge is -2.42. The van der Waals surface area contributed by atoms with Crippen molar-refractivity contribution >= 4 is 11.8 Å². The normalized spacial score (nSPS) is 23.6. The summed E-state index contributed by atoms with van der Waals surface area (Å²) < 4.78 is 11.2. The zero-order chi connectivity index (χ0) is 16.4. The van der Waals surface area contributed by atoms with Crippen molar-refractivity contribution in [2.75, 3.05) is 6.61 Å². The Kier molecular flexibility index (Phi) is 4.40. The fourth-order valence-corrected chi connectivity index (χ4v) is 2.96. The highest BCUT2D eigenvalue weighted by atomic mass is 16.6. The first-order valence-corrected chi connectivity index (χ1v) is 7.46. The van der Waals surface area contributed by atoms with Gasteiger partial charge in [0, 0.05) is 30.4 Å². The Morgan fingerprint density at radius 1 is 1.23 bits per heavy atom. The molecule has 0 heterocycles. The third-order valence-corrected chi connectivity index (χ3v) is 3.88. The van der Waals surface area contributed by atoms with Gasteiger partial charge in [-0.05, 0) is 6.92 Å². The van der Waals surface area contributed by atoms with E-state index in [1.54, 1.807) is 0 Å². The summed E-state index contributed by atoms with van der Waals surface area (Å²) in [5.74, 6) is -0.0864. The van der Waals surface area contributed by atoms with Crippen LogP contribution in [0.25, 0.3) is 0 Å². The van der Waals surface area contributed by atoms with Crippen LogP contribution < -0.4 is 0 Å². The predicted molar refractivity (Wildman–Crippen MR) is 83.0 cm³/mol. The Balaban J connectivity index is 2.56. The standard InChI is InChI=1S/C18H22O4/c1-5-21-16-11-15(20)18(22-13(2)19,12-17(16,3)4)14-9-7-6-8-10-14/h6-11H,5,12H2,1-4H3. The van der Waals surface area contributed by atoms with E-state index in [-0.39, 0.29) is 5.78 Å². The molecule has 0 aliphatic heterocycles. The number of allylic oxidation sites excluding steroid dienone is 1. The van der Waals surface area contributed by atoms with Gasteiger partial charge >= 0.3 is 5.97 Å². The molecular weight excluding hydrogens is 280 g/mol. The summed E-state index contributed by atoms with van der Waals surface area (Å²) in [7, 11) is 0. The van der Waals surface area contributed by atoms with Gasteiger partial charge in [0.25, 0.3) is 0 Å². The van der Waals surface area contributed by atoms with Crippen LogP contribution in [0.4, 0.5) is 0 Å². The zero-order valence-corrected chi connectivity index (χ0v) is 13.5. The first-order chi connectivity index (χ1) is 10.3. The molecule has 22 heavy (non-hydrogen) atoms. The highest BCUT2D eigenvalue weighted by molar-refractivity contribution is 6.00. The van der Waals surface area contributed by atoms with Gasteiger partial charge < -0.3 is 9.47 Å². The molecule has 118 valence electrons. The summed E-state index contributed by atoms with van der Waals surface area (Å²) in [5, 5.41) is 0. The number of rotatable bonds is 4. The molecule has 1 aliphatic rings. The quantitative estimate of drug-likeness (QED) is 0.800. The van der Waals surface area contributed by atoms with Gasteiger partial charge in [-0.25, -0.2) is 0 Å². The Morgan fingerprint density at radius 2 is 1.86 bits per heavy atom. The molecular formula is C18H22O4. The molecule has 0 bridgehead atoms. The van der Waals surface area contributed by atoms with Crippen LogP contribution in [0.5, 0.6) is 0 Å². The summed E-state index contributed by atoms with van der Waals surface area (Å²) in [5.41, 5.74) is -0.998. The molecule has 0 spiro atoms. The second kappa shape index (κ2) is 5.95. The maximum atomic E-state index is 12.8. The number of benzene rings is 1. The van der Waals surface area contributed by atoms with Gasteiger partial charge in [0.15, 0.2) is 5.60 Å². The molecule has 0 saturated carbocycles. The van der Waals surface area contributed by atoms with Crippen LogP contribution in [0.15, 0.2) is 42.2 Å². The smallest absolute Gasteiger partial charge is 0.303 e. The van der Waals surface area contributed by atoms with Crippen molar-refractivity contribution in [1.82, 2.24) is 0 Å². The minimum atomic E-state index is -1.28. The predicted octanol–water partition coefficient (Wildman–Crippen LogP) is 3.36. The summed E-state index contributed by atoms with van der Waals surface area (Å²) in [6, 6.07) is 9.17. The molecule has 2 rings (SSSR count). The van der Waals surface area contributed by atoms with Crippen molar-refractivity contribution in [1.29, 1.82) is 0 Å². The summed E-state index contributed by atoms with van der Waals surface area (Å²) in [6.07, 6.45) is 1.83. The summed E-state index contributed by atoms with van der Waals surface area (Å²) in [4.78, 5) is 24.4. The van der Waals surface area contributed by atoms with Crippen molar-refractivity contribution < 1.29 is 19.1 Å². The van der Waals surface area contributed by atoms with E-state index in [0.29, 0.717) is 24.4 Å². The van der Waals surface area contributed by atoms with Gasteiger partial charge in [-0.2, -0.15) is 0 Å². The van der Waals surface area contributed by atoms with E-state index in [2.05, 4.69) is 0 Å². The number of esters is 1. The number of ketones is 1. The van der Waals surface area contributed by atoms with Crippen LogP contribution >= 0.6 is 0 Å². The van der Waals surface area contributed by atoms with E-state index < -0.39 is 17.0 Å². The lowest BCUT2D eigenvalue weighted by atomic mass is 9.69. The number of hydrogen-bond acceptors (Lipinski definition) is 4. The Morgan fingerprint density at radius 3 is 2.41 bits per heavy atom. The molecule has 4 nitrogen and oxygen atoms in total. The minimum Gasteiger partial charge on any atom is -0.498 e. The first-order valence-electron chi connectivity index (χ1n) is 7.46. The SMILES string of the molecule is CCOC1=CC(=O)C(OC(C)=O)(c2ccccc2)CC1(C)C. The molecule has 0 aromatic heterocycles. The molecule has 0 N–H and O–H groups in total. The van der Waals surface area contributed by atoms with Crippen LogP contribution in [-0.2, 0) is 24.7 Å². The number of carbonyl (C=O) groups excluding carboxylic acids is 2. The monoisotopic (exact) mass is 302 g/mol. The van der Waals surface area contributed by atoms with Gasteiger partial charge in [-0.1, -0.05) is 44.2 Å². The molecule has 4 heteroatoms. The van der Waals surface area contributed by atoms with Crippen LogP contribution in [-0.4, -0.2) is 18.4 Å². The summed E-state index contributed by atoms with van der Waals surface area (Å²) in [6.45, 7) is 7.68. The van der Waals surface area contributed by atoms with E-state index in [0.717, 1.165) is 0 Å². The van der Waals surface area contributed by atoms with Gasteiger partial charge in [-0.3, -0.25) is 9.59 Å². The number of hydrogen-bond donors (Lipinski definition) is 0. The van der Waals surface area contributed by atoms with Crippen molar-refractivity contribution in [2.24, 2.45) is 5.41 Å². The lowest BCUT2D eigenvalue weighted by molar-refractivity contribution is -0.170. The van der Waals surface area contributed by atoms with E-state index in [4.69, 9.17) is 9.47 Å². The maximum Gasteiger partial charge on any atom is 0.303 e. The minimum absolute atomic E-state index is 0.253. The largest absolute Gasteiger partial charge is 0.498 e. The second-order valence-electron chi connectivity index (χ2n) is 6.15. The van der Waals surface area contributed by atoms with Gasteiger partial charge in [-0.15, -0.1) is 0 Å². The third kappa shape index (κ3) is 2.91. The van der Waals surface area contributed by atoms with Crippen molar-refractivity contribution in [3.63, 3.8) is 0 Å². The molecule has 0 fully saturated rings.